The highest BCUT2D eigenvalue weighted by Crippen LogP contribution is 2.20. The molecule has 6 nitrogen and oxygen atoms in total. The lowest BCUT2D eigenvalue weighted by Gasteiger charge is -2.40. The van der Waals surface area contributed by atoms with Crippen molar-refractivity contribution < 1.29 is 42.8 Å². The summed E-state index contributed by atoms with van der Waals surface area (Å²) in [7, 11) is 3.26. The van der Waals surface area contributed by atoms with E-state index in [1.54, 1.807) is 38.4 Å². The van der Waals surface area contributed by atoms with Crippen LogP contribution in [0.5, 0.6) is 5.75 Å². The van der Waals surface area contributed by atoms with Crippen LogP contribution in [0.2, 0.25) is 0 Å². The summed E-state index contributed by atoms with van der Waals surface area (Å²) in [6, 6.07) is 6.87. The Kier molecular flexibility index (Phi) is 8.64. The van der Waals surface area contributed by atoms with Gasteiger partial charge in [-0.05, 0) is 50.5 Å². The maximum absolute atomic E-state index is 12.4. The Morgan fingerprint density at radius 1 is 1.12 bits per heavy atom. The zero-order valence-corrected chi connectivity index (χ0v) is 17.4. The Morgan fingerprint density at radius 2 is 1.72 bits per heavy atom. The molecule has 2 rings (SSSR count). The van der Waals surface area contributed by atoms with E-state index in [-0.39, 0.29) is 29.9 Å². The molecule has 0 saturated carbocycles. The van der Waals surface area contributed by atoms with E-state index in [4.69, 9.17) is 4.74 Å². The van der Waals surface area contributed by atoms with Crippen LogP contribution in [-0.4, -0.2) is 61.7 Å². The molecule has 0 radical (unpaired) electrons. The second kappa shape index (κ2) is 9.96. The number of nitrogens with zero attached hydrogens (tertiary/aromatic N) is 2. The number of benzene rings is 1. The Balaban J connectivity index is 0.00000312. The number of halogens is 1. The fourth-order valence-electron chi connectivity index (χ4n) is 3.07. The predicted octanol–water partition coefficient (Wildman–Crippen LogP) is -0.290. The van der Waals surface area contributed by atoms with Gasteiger partial charge in [-0.1, -0.05) is 0 Å². The molecule has 0 aromatic heterocycles. The number of quaternary nitrogens is 1. The Hall–Kier alpha value is -1.35. The minimum absolute atomic E-state index is 0. The highest BCUT2D eigenvalue weighted by atomic mass is 127. The first-order valence-electron chi connectivity index (χ1n) is 8.58. The maximum Gasteiger partial charge on any atom is 0.414 e. The van der Waals surface area contributed by atoms with Gasteiger partial charge in [0.05, 0.1) is 19.6 Å². The minimum atomic E-state index is -0.425. The fraction of sp³-hybridized carbons (Fsp3) is 0.556. The third-order valence-corrected chi connectivity index (χ3v) is 4.62. The van der Waals surface area contributed by atoms with Crippen LogP contribution in [0.3, 0.4) is 0 Å². The molecule has 1 fully saturated rings. The molecule has 1 aliphatic heterocycles. The van der Waals surface area contributed by atoms with E-state index in [2.05, 4.69) is 12.2 Å². The van der Waals surface area contributed by atoms with Crippen molar-refractivity contribution >= 4 is 17.7 Å². The number of hydrogen-bond acceptors (Lipinski definition) is 3. The molecule has 1 aromatic rings. The van der Waals surface area contributed by atoms with Crippen molar-refractivity contribution in [1.82, 2.24) is 4.90 Å². The molecule has 140 valence electrons. The molecule has 1 aromatic carbocycles. The first-order chi connectivity index (χ1) is 11.4. The maximum atomic E-state index is 12.4. The molecule has 0 unspecified atom stereocenters. The quantitative estimate of drug-likeness (QED) is 0.485. The van der Waals surface area contributed by atoms with Crippen molar-refractivity contribution in [3.8, 4) is 5.75 Å². The molecule has 1 saturated heterocycles. The molecule has 1 N–H and O–H groups in total. The predicted molar refractivity (Wildman–Crippen MR) is 94.0 cm³/mol. The largest absolute Gasteiger partial charge is 1.00 e. The summed E-state index contributed by atoms with van der Waals surface area (Å²) in [6.07, 6.45) is 3.25. The van der Waals surface area contributed by atoms with Gasteiger partial charge in [-0.25, -0.2) is 4.79 Å². The Morgan fingerprint density at radius 3 is 2.24 bits per heavy atom. The average Bonchev–Trinajstić information content (AvgIpc) is 2.57. The lowest BCUT2D eigenvalue weighted by molar-refractivity contribution is -0.923. The molecule has 2 amide bonds. The number of piperidine rings is 1. The number of likely N-dealkylation sites (tertiary alicyclic amines) is 1. The second-order valence-corrected chi connectivity index (χ2v) is 6.66. The van der Waals surface area contributed by atoms with Crippen LogP contribution in [0, 0.1) is 0 Å². The van der Waals surface area contributed by atoms with Crippen LogP contribution in [0.25, 0.3) is 0 Å². The first kappa shape index (κ1) is 21.7. The molecule has 0 spiro atoms. The fourth-order valence-corrected chi connectivity index (χ4v) is 3.07. The Bertz CT molecular complexity index is 569. The van der Waals surface area contributed by atoms with Crippen molar-refractivity contribution in [1.29, 1.82) is 0 Å². The summed E-state index contributed by atoms with van der Waals surface area (Å²) in [5.41, 5.74) is 0.718. The monoisotopic (exact) mass is 461 g/mol. The van der Waals surface area contributed by atoms with Crippen LogP contribution in [0.4, 0.5) is 10.5 Å². The van der Waals surface area contributed by atoms with Gasteiger partial charge in [-0.3, -0.25) is 4.79 Å². The molecular weight excluding hydrogens is 433 g/mol. The topological polar surface area (TPSA) is 58.6 Å². The van der Waals surface area contributed by atoms with Gasteiger partial charge in [0.25, 0.3) is 5.91 Å². The summed E-state index contributed by atoms with van der Waals surface area (Å²) in [6.45, 7) is 5.85. The van der Waals surface area contributed by atoms with Crippen LogP contribution in [0.15, 0.2) is 24.3 Å². The van der Waals surface area contributed by atoms with Crippen LogP contribution in [0.1, 0.15) is 26.2 Å². The molecule has 1 aliphatic rings. The summed E-state index contributed by atoms with van der Waals surface area (Å²) in [5, 5.41) is 2.95. The zero-order valence-electron chi connectivity index (χ0n) is 15.3. The number of ether oxygens (including phenoxy) is 1. The van der Waals surface area contributed by atoms with Gasteiger partial charge in [0.2, 0.25) is 0 Å². The third kappa shape index (κ3) is 6.47. The van der Waals surface area contributed by atoms with E-state index in [1.165, 1.54) is 24.2 Å². The number of carbonyl (C=O) groups excluding carboxylic acids is 2. The minimum Gasteiger partial charge on any atom is -1.00 e. The van der Waals surface area contributed by atoms with E-state index in [1.807, 2.05) is 0 Å². The molecule has 0 bridgehead atoms. The summed E-state index contributed by atoms with van der Waals surface area (Å²) >= 11 is 0. The zero-order chi connectivity index (χ0) is 17.6. The molecule has 0 atom stereocenters. The van der Waals surface area contributed by atoms with Crippen LogP contribution >= 0.6 is 0 Å². The number of nitrogens with one attached hydrogen (secondary N) is 1. The molecular formula is C18H28IN3O3. The van der Waals surface area contributed by atoms with Crippen LogP contribution < -0.4 is 34.0 Å². The standard InChI is InChI=1S/C18H27N3O3.HI/c1-4-21(12-6-5-7-13-21)14-17(22)19-15-8-10-16(11-9-15)24-18(23)20(2)3;/h8-11H,4-7,12-14H2,1-3H3;1H. The average molecular weight is 461 g/mol. The van der Waals surface area contributed by atoms with Crippen molar-refractivity contribution in [2.75, 3.05) is 45.6 Å². The number of anilines is 1. The normalized spacial score (nSPS) is 15.6. The van der Waals surface area contributed by atoms with E-state index < -0.39 is 6.09 Å². The van der Waals surface area contributed by atoms with Crippen LogP contribution in [-0.2, 0) is 4.79 Å². The number of rotatable bonds is 5. The van der Waals surface area contributed by atoms with E-state index in [0.29, 0.717) is 12.3 Å². The van der Waals surface area contributed by atoms with Gasteiger partial charge in [0, 0.05) is 19.8 Å². The van der Waals surface area contributed by atoms with Crippen molar-refractivity contribution in [2.45, 2.75) is 26.2 Å². The van der Waals surface area contributed by atoms with Gasteiger partial charge in [0.1, 0.15) is 5.75 Å². The van der Waals surface area contributed by atoms with Crippen molar-refractivity contribution in [2.24, 2.45) is 0 Å². The summed E-state index contributed by atoms with van der Waals surface area (Å²) in [4.78, 5) is 25.2. The summed E-state index contributed by atoms with van der Waals surface area (Å²) in [5.74, 6) is 0.497. The summed E-state index contributed by atoms with van der Waals surface area (Å²) < 4.78 is 6.04. The lowest BCUT2D eigenvalue weighted by atomic mass is 10.1. The highest BCUT2D eigenvalue weighted by Gasteiger charge is 2.30. The smallest absolute Gasteiger partial charge is 0.414 e. The first-order valence-corrected chi connectivity index (χ1v) is 8.58. The third-order valence-electron chi connectivity index (χ3n) is 4.62. The lowest BCUT2D eigenvalue weighted by Crippen LogP contribution is -3.00. The van der Waals surface area contributed by atoms with Gasteiger partial charge in [0.15, 0.2) is 6.54 Å². The van der Waals surface area contributed by atoms with E-state index in [0.717, 1.165) is 29.8 Å². The van der Waals surface area contributed by atoms with Gasteiger partial charge in [-0.2, -0.15) is 0 Å². The molecule has 1 heterocycles. The van der Waals surface area contributed by atoms with Crippen molar-refractivity contribution in [3.63, 3.8) is 0 Å². The SMILES string of the molecule is CC[N+]1(CC(=O)Nc2ccc(OC(=O)N(C)C)cc2)CCCCC1.[I-]. The highest BCUT2D eigenvalue weighted by molar-refractivity contribution is 5.91. The van der Waals surface area contributed by atoms with E-state index >= 15 is 0 Å². The molecule has 25 heavy (non-hydrogen) atoms. The Labute approximate surface area is 167 Å². The van der Waals surface area contributed by atoms with E-state index in [9.17, 15) is 9.59 Å². The van der Waals surface area contributed by atoms with Gasteiger partial charge < -0.3 is 43.4 Å². The number of likely N-dealkylation sites (N-methyl/N-ethyl adjacent to an activating group) is 1. The number of amides is 2. The molecule has 7 heteroatoms. The van der Waals surface area contributed by atoms with Crippen molar-refractivity contribution in [3.05, 3.63) is 24.3 Å². The van der Waals surface area contributed by atoms with Gasteiger partial charge >= 0.3 is 6.09 Å². The number of hydrogen-bond donors (Lipinski definition) is 1. The number of carbonyl (C=O) groups is 2. The van der Waals surface area contributed by atoms with Gasteiger partial charge in [-0.15, -0.1) is 0 Å². The molecule has 0 aliphatic carbocycles. The second-order valence-electron chi connectivity index (χ2n) is 6.66.